The molecular formula is C27H30N4O3. The van der Waals surface area contributed by atoms with E-state index in [0.29, 0.717) is 36.3 Å². The minimum absolute atomic E-state index is 0.134. The van der Waals surface area contributed by atoms with E-state index < -0.39 is 0 Å². The molecule has 1 atom stereocenters. The number of aromatic nitrogens is 2. The quantitative estimate of drug-likeness (QED) is 0.590. The highest BCUT2D eigenvalue weighted by molar-refractivity contribution is 5.97. The van der Waals surface area contributed by atoms with Gasteiger partial charge in [0, 0.05) is 24.8 Å². The molecule has 2 N–H and O–H groups in total. The topological polar surface area (TPSA) is 95.4 Å². The Hall–Kier alpha value is -3.58. The van der Waals surface area contributed by atoms with Crippen LogP contribution in [0, 0.1) is 6.92 Å². The predicted octanol–water partition coefficient (Wildman–Crippen LogP) is 3.40. The molecule has 3 aromatic rings. The molecule has 0 saturated carbocycles. The Bertz CT molecular complexity index is 1190. The molecular weight excluding hydrogens is 428 g/mol. The van der Waals surface area contributed by atoms with Gasteiger partial charge in [0.15, 0.2) is 5.82 Å². The predicted molar refractivity (Wildman–Crippen MR) is 129 cm³/mol. The first-order valence-electron chi connectivity index (χ1n) is 11.7. The van der Waals surface area contributed by atoms with Crippen LogP contribution in [0.2, 0.25) is 0 Å². The van der Waals surface area contributed by atoms with E-state index in [1.54, 1.807) is 11.8 Å². The molecule has 7 nitrogen and oxygen atoms in total. The number of hydrogen-bond donors (Lipinski definition) is 2. The summed E-state index contributed by atoms with van der Waals surface area (Å²) in [4.78, 5) is 36.9. The molecule has 1 aliphatic rings. The fourth-order valence-corrected chi connectivity index (χ4v) is 4.51. The molecule has 1 unspecified atom stereocenters. The third-order valence-electron chi connectivity index (χ3n) is 6.26. The van der Waals surface area contributed by atoms with Gasteiger partial charge in [-0.25, -0.2) is 9.97 Å². The lowest BCUT2D eigenvalue weighted by Crippen LogP contribution is -2.40. The molecule has 0 radical (unpaired) electrons. The van der Waals surface area contributed by atoms with Gasteiger partial charge in [-0.15, -0.1) is 0 Å². The molecule has 176 valence electrons. The lowest BCUT2D eigenvalue weighted by molar-refractivity contribution is 0.0730. The number of benzene rings is 2. The maximum atomic E-state index is 13.4. The van der Waals surface area contributed by atoms with Gasteiger partial charge in [0.05, 0.1) is 17.3 Å². The van der Waals surface area contributed by atoms with Gasteiger partial charge in [-0.3, -0.25) is 9.59 Å². The number of carbonyl (C=O) groups excluding carboxylic acids is 2. The van der Waals surface area contributed by atoms with Gasteiger partial charge in [0.2, 0.25) is 0 Å². The van der Waals surface area contributed by atoms with Crippen LogP contribution >= 0.6 is 0 Å². The number of fused-ring (bicyclic) bond motifs is 1. The highest BCUT2D eigenvalue weighted by Crippen LogP contribution is 2.26. The minimum atomic E-state index is -0.345. The number of nitrogens with zero attached hydrogens (tertiary/aromatic N) is 3. The summed E-state index contributed by atoms with van der Waals surface area (Å²) in [6.45, 7) is 4.43. The van der Waals surface area contributed by atoms with Gasteiger partial charge in [0.25, 0.3) is 11.8 Å². The van der Waals surface area contributed by atoms with Crippen LogP contribution in [0.5, 0.6) is 0 Å². The van der Waals surface area contributed by atoms with Crippen LogP contribution < -0.4 is 5.32 Å². The van der Waals surface area contributed by atoms with Crippen LogP contribution in [-0.4, -0.2) is 44.9 Å². The number of aliphatic hydroxyl groups excluding tert-OH is 1. The van der Waals surface area contributed by atoms with Gasteiger partial charge in [-0.1, -0.05) is 55.8 Å². The van der Waals surface area contributed by atoms with Crippen LogP contribution in [0.25, 0.3) is 0 Å². The summed E-state index contributed by atoms with van der Waals surface area (Å²) < 4.78 is 0. The Balaban J connectivity index is 1.63. The molecule has 4 rings (SSSR count). The number of hydrogen-bond acceptors (Lipinski definition) is 5. The maximum Gasteiger partial charge on any atom is 0.257 e. The van der Waals surface area contributed by atoms with E-state index in [1.165, 1.54) is 6.20 Å². The Morgan fingerprint density at radius 3 is 2.65 bits per heavy atom. The third kappa shape index (κ3) is 4.99. The van der Waals surface area contributed by atoms with Crippen LogP contribution in [0.1, 0.15) is 68.3 Å². The smallest absolute Gasteiger partial charge is 0.257 e. The summed E-state index contributed by atoms with van der Waals surface area (Å²) in [5, 5.41) is 12.5. The van der Waals surface area contributed by atoms with Crippen LogP contribution in [-0.2, 0) is 19.4 Å². The van der Waals surface area contributed by atoms with Crippen molar-refractivity contribution in [2.45, 2.75) is 45.8 Å². The number of amides is 2. The lowest BCUT2D eigenvalue weighted by Gasteiger charge is -2.26. The third-order valence-corrected chi connectivity index (χ3v) is 6.26. The Morgan fingerprint density at radius 1 is 1.12 bits per heavy atom. The second-order valence-electron chi connectivity index (χ2n) is 8.58. The molecule has 1 aliphatic heterocycles. The number of aliphatic hydroxyl groups is 1. The number of nitrogens with one attached hydrogen (secondary N) is 1. The molecule has 7 heteroatoms. The minimum Gasteiger partial charge on any atom is -0.388 e. The SMILES string of the molecule is CCCc1ccccc1C(=O)NC1CN(C(=O)c2cnc(CO)nc2C)CCc2ccccc21. The van der Waals surface area contributed by atoms with Crippen molar-refractivity contribution >= 4 is 11.8 Å². The van der Waals surface area contributed by atoms with E-state index in [2.05, 4.69) is 28.3 Å². The zero-order chi connectivity index (χ0) is 24.1. The fourth-order valence-electron chi connectivity index (χ4n) is 4.51. The second kappa shape index (κ2) is 10.6. The van der Waals surface area contributed by atoms with Gasteiger partial charge >= 0.3 is 0 Å². The summed E-state index contributed by atoms with van der Waals surface area (Å²) in [6.07, 6.45) is 3.95. The molecule has 2 amide bonds. The van der Waals surface area contributed by atoms with Gasteiger partial charge in [-0.2, -0.15) is 0 Å². The Morgan fingerprint density at radius 2 is 1.88 bits per heavy atom. The fraction of sp³-hybridized carbons (Fsp3) is 0.333. The molecule has 0 bridgehead atoms. The molecule has 0 fully saturated rings. The van der Waals surface area contributed by atoms with Crippen molar-refractivity contribution in [3.8, 4) is 0 Å². The van der Waals surface area contributed by atoms with E-state index in [9.17, 15) is 14.7 Å². The summed E-state index contributed by atoms with van der Waals surface area (Å²) in [6, 6.07) is 15.4. The molecule has 2 aromatic carbocycles. The normalized spacial score (nSPS) is 15.4. The number of rotatable bonds is 6. The van der Waals surface area contributed by atoms with E-state index in [1.807, 2.05) is 42.5 Å². The molecule has 1 aromatic heterocycles. The number of aryl methyl sites for hydroxylation is 2. The van der Waals surface area contributed by atoms with Gasteiger partial charge < -0.3 is 15.3 Å². The van der Waals surface area contributed by atoms with E-state index in [4.69, 9.17) is 0 Å². The van der Waals surface area contributed by atoms with Crippen LogP contribution in [0.3, 0.4) is 0 Å². The van der Waals surface area contributed by atoms with E-state index >= 15 is 0 Å². The summed E-state index contributed by atoms with van der Waals surface area (Å²) >= 11 is 0. The Labute approximate surface area is 199 Å². The molecule has 34 heavy (non-hydrogen) atoms. The van der Waals surface area contributed by atoms with Gasteiger partial charge in [-0.05, 0) is 42.5 Å². The first-order valence-corrected chi connectivity index (χ1v) is 11.7. The largest absolute Gasteiger partial charge is 0.388 e. The van der Waals surface area contributed by atoms with Crippen LogP contribution in [0.15, 0.2) is 54.7 Å². The summed E-state index contributed by atoms with van der Waals surface area (Å²) in [7, 11) is 0. The standard InChI is InChI=1S/C27H30N4O3/c1-3-8-19-9-5-7-12-22(19)26(33)30-24-16-31(14-13-20-10-4-6-11-21(20)24)27(34)23-15-28-25(17-32)29-18(23)2/h4-7,9-12,15,24,32H,3,8,13-14,16-17H2,1-2H3,(H,30,33). The van der Waals surface area contributed by atoms with Gasteiger partial charge in [0.1, 0.15) is 6.61 Å². The van der Waals surface area contributed by atoms with Crippen molar-refractivity contribution in [2.75, 3.05) is 13.1 Å². The molecule has 0 saturated heterocycles. The molecule has 0 spiro atoms. The van der Waals surface area contributed by atoms with Crippen LogP contribution in [0.4, 0.5) is 0 Å². The first kappa shape index (κ1) is 23.6. The van der Waals surface area contributed by atoms with E-state index in [-0.39, 0.29) is 30.3 Å². The first-order chi connectivity index (χ1) is 16.5. The van der Waals surface area contributed by atoms with Crippen molar-refractivity contribution in [3.63, 3.8) is 0 Å². The van der Waals surface area contributed by atoms with Crippen molar-refractivity contribution in [3.05, 3.63) is 94.1 Å². The zero-order valence-electron chi connectivity index (χ0n) is 19.6. The second-order valence-corrected chi connectivity index (χ2v) is 8.58. The zero-order valence-corrected chi connectivity index (χ0v) is 19.6. The van der Waals surface area contributed by atoms with Crippen molar-refractivity contribution < 1.29 is 14.7 Å². The monoisotopic (exact) mass is 458 g/mol. The summed E-state index contributed by atoms with van der Waals surface area (Å²) in [5.74, 6) is -0.0291. The summed E-state index contributed by atoms with van der Waals surface area (Å²) in [5.41, 5.74) is 4.78. The highest BCUT2D eigenvalue weighted by atomic mass is 16.3. The van der Waals surface area contributed by atoms with E-state index in [0.717, 1.165) is 29.5 Å². The van der Waals surface area contributed by atoms with Crippen molar-refractivity contribution in [1.29, 1.82) is 0 Å². The molecule has 0 aliphatic carbocycles. The average Bonchev–Trinajstić information content (AvgIpc) is 3.04. The highest BCUT2D eigenvalue weighted by Gasteiger charge is 2.29. The lowest BCUT2D eigenvalue weighted by atomic mass is 9.98. The maximum absolute atomic E-state index is 13.4. The Kier molecular flexibility index (Phi) is 7.33. The van der Waals surface area contributed by atoms with Crippen molar-refractivity contribution in [2.24, 2.45) is 0 Å². The van der Waals surface area contributed by atoms with Crippen molar-refractivity contribution in [1.82, 2.24) is 20.2 Å². The molecule has 2 heterocycles. The average molecular weight is 459 g/mol. The number of carbonyl (C=O) groups is 2.